The molecule has 0 aliphatic carbocycles. The quantitative estimate of drug-likeness (QED) is 0.702. The van der Waals surface area contributed by atoms with Crippen molar-refractivity contribution in [3.05, 3.63) is 102 Å². The molecule has 0 aliphatic heterocycles. The number of benzene rings is 3. The third-order valence-electron chi connectivity index (χ3n) is 3.78. The summed E-state index contributed by atoms with van der Waals surface area (Å²) in [6, 6.07) is 25.3. The molecule has 0 fully saturated rings. The van der Waals surface area contributed by atoms with Gasteiger partial charge in [-0.05, 0) is 48.5 Å². The van der Waals surface area contributed by atoms with Gasteiger partial charge in [0.05, 0.1) is 6.54 Å². The first-order valence-electron chi connectivity index (χ1n) is 8.51. The van der Waals surface area contributed by atoms with Crippen molar-refractivity contribution in [2.24, 2.45) is 0 Å². The van der Waals surface area contributed by atoms with Gasteiger partial charge in [-0.15, -0.1) is 0 Å². The molecule has 3 aromatic rings. The zero-order chi connectivity index (χ0) is 18.9. The number of amides is 2. The molecule has 2 amide bonds. The van der Waals surface area contributed by atoms with Gasteiger partial charge >= 0.3 is 0 Å². The maximum absolute atomic E-state index is 12.2. The molecule has 0 atom stereocenters. The van der Waals surface area contributed by atoms with Crippen LogP contribution in [0.3, 0.4) is 0 Å². The SMILES string of the molecule is O=C(NCC#Cc1ccccc1)c1ccc(C(=O)Nc2ccccc2)cc1. The molecule has 0 aliphatic rings. The van der Waals surface area contributed by atoms with Crippen molar-refractivity contribution in [2.75, 3.05) is 11.9 Å². The maximum atomic E-state index is 12.2. The molecule has 4 nitrogen and oxygen atoms in total. The zero-order valence-electron chi connectivity index (χ0n) is 14.6. The molecule has 0 radical (unpaired) electrons. The first-order valence-corrected chi connectivity index (χ1v) is 8.51. The van der Waals surface area contributed by atoms with E-state index in [4.69, 9.17) is 0 Å². The summed E-state index contributed by atoms with van der Waals surface area (Å²) in [6.07, 6.45) is 0. The summed E-state index contributed by atoms with van der Waals surface area (Å²) in [6.45, 7) is 0.254. The van der Waals surface area contributed by atoms with Gasteiger partial charge in [0.25, 0.3) is 11.8 Å². The highest BCUT2D eigenvalue weighted by molar-refractivity contribution is 6.05. The summed E-state index contributed by atoms with van der Waals surface area (Å²) >= 11 is 0. The molecule has 0 saturated carbocycles. The normalized spacial score (nSPS) is 9.63. The Morgan fingerprint density at radius 3 is 1.89 bits per heavy atom. The van der Waals surface area contributed by atoms with Crippen LogP contribution >= 0.6 is 0 Å². The molecule has 4 heteroatoms. The first kappa shape index (κ1) is 18.0. The van der Waals surface area contributed by atoms with Gasteiger partial charge in [-0.2, -0.15) is 0 Å². The van der Waals surface area contributed by atoms with Crippen molar-refractivity contribution < 1.29 is 9.59 Å². The van der Waals surface area contributed by atoms with Crippen LogP contribution in [0.1, 0.15) is 26.3 Å². The monoisotopic (exact) mass is 354 g/mol. The molecule has 0 heterocycles. The predicted octanol–water partition coefficient (Wildman–Crippen LogP) is 3.72. The summed E-state index contributed by atoms with van der Waals surface area (Å²) in [5.74, 6) is 5.44. The number of rotatable bonds is 4. The number of para-hydroxylation sites is 1. The van der Waals surface area contributed by atoms with Crippen LogP contribution in [0.5, 0.6) is 0 Å². The summed E-state index contributed by atoms with van der Waals surface area (Å²) in [5.41, 5.74) is 2.59. The molecule has 0 aromatic heterocycles. The lowest BCUT2D eigenvalue weighted by molar-refractivity contribution is 0.0956. The molecule has 0 spiro atoms. The van der Waals surface area contributed by atoms with E-state index in [1.165, 1.54) is 0 Å². The smallest absolute Gasteiger partial charge is 0.255 e. The Labute approximate surface area is 158 Å². The van der Waals surface area contributed by atoms with Crippen molar-refractivity contribution in [3.8, 4) is 11.8 Å². The molecule has 3 aromatic carbocycles. The van der Waals surface area contributed by atoms with Crippen molar-refractivity contribution in [3.63, 3.8) is 0 Å². The molecule has 0 saturated heterocycles. The molecule has 2 N–H and O–H groups in total. The topological polar surface area (TPSA) is 58.2 Å². The number of carbonyl (C=O) groups excluding carboxylic acids is 2. The minimum absolute atomic E-state index is 0.220. The van der Waals surface area contributed by atoms with Crippen LogP contribution in [0, 0.1) is 11.8 Å². The molecule has 27 heavy (non-hydrogen) atoms. The number of anilines is 1. The Morgan fingerprint density at radius 1 is 0.704 bits per heavy atom. The van der Waals surface area contributed by atoms with Gasteiger partial charge in [-0.3, -0.25) is 9.59 Å². The lowest BCUT2D eigenvalue weighted by Gasteiger charge is -2.06. The van der Waals surface area contributed by atoms with Crippen molar-refractivity contribution in [1.82, 2.24) is 5.32 Å². The molecule has 0 unspecified atom stereocenters. The van der Waals surface area contributed by atoms with Crippen molar-refractivity contribution in [1.29, 1.82) is 0 Å². The van der Waals surface area contributed by atoms with Crippen LogP contribution in [0.25, 0.3) is 0 Å². The fourth-order valence-electron chi connectivity index (χ4n) is 2.39. The fourth-order valence-corrected chi connectivity index (χ4v) is 2.39. The van der Waals surface area contributed by atoms with Crippen LogP contribution in [-0.2, 0) is 0 Å². The van der Waals surface area contributed by atoms with Gasteiger partial charge in [0.1, 0.15) is 0 Å². The van der Waals surface area contributed by atoms with Crippen LogP contribution < -0.4 is 10.6 Å². The van der Waals surface area contributed by atoms with Gasteiger partial charge in [-0.1, -0.05) is 48.2 Å². The Kier molecular flexibility index (Phi) is 6.00. The standard InChI is InChI=1S/C23H18N2O2/c26-22(24-17-7-10-18-8-3-1-4-9-18)19-13-15-20(16-14-19)23(27)25-21-11-5-2-6-12-21/h1-6,8-9,11-16H,17H2,(H,24,26)(H,25,27). The summed E-state index contributed by atoms with van der Waals surface area (Å²) in [4.78, 5) is 24.4. The molecule has 132 valence electrons. The van der Waals surface area contributed by atoms with Crippen molar-refractivity contribution in [2.45, 2.75) is 0 Å². The van der Waals surface area contributed by atoms with E-state index in [1.807, 2.05) is 60.7 Å². The van der Waals surface area contributed by atoms with Crippen LogP contribution in [0.2, 0.25) is 0 Å². The van der Waals surface area contributed by atoms with Crippen molar-refractivity contribution >= 4 is 17.5 Å². The summed E-state index contributed by atoms with van der Waals surface area (Å²) in [5, 5.41) is 5.55. The highest BCUT2D eigenvalue weighted by Gasteiger charge is 2.08. The zero-order valence-corrected chi connectivity index (χ0v) is 14.6. The van der Waals surface area contributed by atoms with E-state index in [-0.39, 0.29) is 18.4 Å². The van der Waals surface area contributed by atoms with Gasteiger partial charge in [0.15, 0.2) is 0 Å². The Hall–Kier alpha value is -3.84. The summed E-state index contributed by atoms with van der Waals surface area (Å²) < 4.78 is 0. The van der Waals surface area contributed by atoms with E-state index in [0.29, 0.717) is 11.1 Å². The third-order valence-corrected chi connectivity index (χ3v) is 3.78. The second-order valence-electron chi connectivity index (χ2n) is 5.75. The van der Waals surface area contributed by atoms with Crippen LogP contribution in [0.4, 0.5) is 5.69 Å². The number of carbonyl (C=O) groups is 2. The van der Waals surface area contributed by atoms with E-state index in [0.717, 1.165) is 11.3 Å². The Bertz CT molecular complexity index is 970. The second kappa shape index (κ2) is 9.02. The van der Waals surface area contributed by atoms with Gasteiger partial charge in [0, 0.05) is 22.4 Å². The molecular formula is C23H18N2O2. The second-order valence-corrected chi connectivity index (χ2v) is 5.75. The predicted molar refractivity (Wildman–Crippen MR) is 106 cm³/mol. The lowest BCUT2D eigenvalue weighted by Crippen LogP contribution is -2.23. The molecular weight excluding hydrogens is 336 g/mol. The molecule has 3 rings (SSSR count). The number of hydrogen-bond donors (Lipinski definition) is 2. The highest BCUT2D eigenvalue weighted by Crippen LogP contribution is 2.10. The van der Waals surface area contributed by atoms with Gasteiger partial charge in [0.2, 0.25) is 0 Å². The minimum atomic E-state index is -0.229. The number of nitrogens with one attached hydrogen (secondary N) is 2. The van der Waals surface area contributed by atoms with E-state index in [2.05, 4.69) is 22.5 Å². The van der Waals surface area contributed by atoms with E-state index < -0.39 is 0 Å². The minimum Gasteiger partial charge on any atom is -0.341 e. The first-order chi connectivity index (χ1) is 13.2. The Balaban J connectivity index is 1.54. The molecule has 0 bridgehead atoms. The average Bonchev–Trinajstić information content (AvgIpc) is 2.72. The average molecular weight is 354 g/mol. The fraction of sp³-hybridized carbons (Fsp3) is 0.0435. The van der Waals surface area contributed by atoms with E-state index in [9.17, 15) is 9.59 Å². The third kappa shape index (κ3) is 5.32. The van der Waals surface area contributed by atoms with Crippen LogP contribution in [0.15, 0.2) is 84.9 Å². The summed E-state index contributed by atoms with van der Waals surface area (Å²) in [7, 11) is 0. The maximum Gasteiger partial charge on any atom is 0.255 e. The van der Waals surface area contributed by atoms with Crippen LogP contribution in [-0.4, -0.2) is 18.4 Å². The van der Waals surface area contributed by atoms with Gasteiger partial charge in [-0.25, -0.2) is 0 Å². The number of hydrogen-bond acceptors (Lipinski definition) is 2. The van der Waals surface area contributed by atoms with E-state index >= 15 is 0 Å². The highest BCUT2D eigenvalue weighted by atomic mass is 16.2. The lowest BCUT2D eigenvalue weighted by atomic mass is 10.1. The van der Waals surface area contributed by atoms with E-state index in [1.54, 1.807) is 24.3 Å². The largest absolute Gasteiger partial charge is 0.341 e. The van der Waals surface area contributed by atoms with Gasteiger partial charge < -0.3 is 10.6 Å². The Morgan fingerprint density at radius 2 is 1.26 bits per heavy atom.